The van der Waals surface area contributed by atoms with Gasteiger partial charge in [-0.3, -0.25) is 0 Å². The monoisotopic (exact) mass is 533 g/mol. The van der Waals surface area contributed by atoms with Crippen LogP contribution in [-0.2, 0) is 0 Å². The van der Waals surface area contributed by atoms with Gasteiger partial charge in [0.2, 0.25) is 0 Å². The Morgan fingerprint density at radius 3 is 2.31 bits per heavy atom. The van der Waals surface area contributed by atoms with Gasteiger partial charge in [-0.1, -0.05) is 42.8 Å². The van der Waals surface area contributed by atoms with E-state index in [1.807, 2.05) is 13.0 Å². The van der Waals surface area contributed by atoms with Crippen molar-refractivity contribution in [2.75, 3.05) is 13.2 Å². The number of nitrogens with zero attached hydrogens (tertiary/aromatic N) is 4. The normalized spacial score (nSPS) is 23.0. The van der Waals surface area contributed by atoms with Crippen LogP contribution in [0, 0.1) is 68.0 Å². The van der Waals surface area contributed by atoms with E-state index in [4.69, 9.17) is 20.5 Å². The smallest absolute Gasteiger partial charge is 0.191 e. The SMILES string of the molecule is CCOc1cc([C@@H]2[C@@H]3C[C@H](C(C)(C)C)CC=C3C(C#N)=C(N)C2(C#N)C#N)c(Br)cc1OCC#N. The van der Waals surface area contributed by atoms with Gasteiger partial charge in [0.05, 0.1) is 30.0 Å². The standard InChI is InChI=1S/C27H28BrN5O2/c1-5-34-22-11-19(21(28)12-23(22)35-9-8-29)24-18-10-16(26(2,3)4)6-7-17(18)20(13-30)25(33)27(24,14-31)15-32/h7,11-12,16,18,24H,5-6,9-10,33H2,1-4H3/t16-,18-,24+/m1/s1. The lowest BCUT2D eigenvalue weighted by molar-refractivity contribution is 0.170. The molecular weight excluding hydrogens is 506 g/mol. The molecule has 180 valence electrons. The number of ether oxygens (including phenoxy) is 2. The Labute approximate surface area is 215 Å². The zero-order valence-corrected chi connectivity index (χ0v) is 21.9. The quantitative estimate of drug-likeness (QED) is 0.517. The molecule has 0 unspecified atom stereocenters. The summed E-state index contributed by atoms with van der Waals surface area (Å²) in [4.78, 5) is 0. The highest BCUT2D eigenvalue weighted by Crippen LogP contribution is 2.59. The fourth-order valence-corrected chi connectivity index (χ4v) is 5.79. The topological polar surface area (TPSA) is 140 Å². The van der Waals surface area contributed by atoms with Crippen LogP contribution in [0.25, 0.3) is 0 Å². The molecule has 0 heterocycles. The third-order valence-electron chi connectivity index (χ3n) is 7.09. The van der Waals surface area contributed by atoms with Crippen LogP contribution < -0.4 is 15.2 Å². The second kappa shape index (κ2) is 10.0. The second-order valence-corrected chi connectivity index (χ2v) is 10.8. The van der Waals surface area contributed by atoms with Gasteiger partial charge in [-0.05, 0) is 60.3 Å². The van der Waals surface area contributed by atoms with Gasteiger partial charge in [-0.2, -0.15) is 21.0 Å². The maximum absolute atomic E-state index is 10.4. The third-order valence-corrected chi connectivity index (χ3v) is 7.78. The highest BCUT2D eigenvalue weighted by Gasteiger charge is 2.55. The predicted octanol–water partition coefficient (Wildman–Crippen LogP) is 5.62. The Balaban J connectivity index is 2.33. The van der Waals surface area contributed by atoms with Gasteiger partial charge in [0.25, 0.3) is 0 Å². The number of nitrogens with two attached hydrogens (primary N) is 1. The summed E-state index contributed by atoms with van der Waals surface area (Å²) < 4.78 is 12.0. The van der Waals surface area contributed by atoms with Crippen molar-refractivity contribution in [1.29, 1.82) is 21.0 Å². The Kier molecular flexibility index (Phi) is 7.50. The molecular formula is C27H28BrN5O2. The van der Waals surface area contributed by atoms with E-state index < -0.39 is 11.3 Å². The number of halogens is 1. The van der Waals surface area contributed by atoms with Crippen LogP contribution in [0.1, 0.15) is 52.0 Å². The molecule has 0 spiro atoms. The molecule has 1 aromatic carbocycles. The summed E-state index contributed by atoms with van der Waals surface area (Å²) in [6.45, 7) is 8.57. The van der Waals surface area contributed by atoms with Gasteiger partial charge < -0.3 is 15.2 Å². The van der Waals surface area contributed by atoms with Crippen LogP contribution in [0.15, 0.2) is 39.5 Å². The van der Waals surface area contributed by atoms with Crippen LogP contribution in [0.5, 0.6) is 11.5 Å². The molecule has 0 aromatic heterocycles. The lowest BCUT2D eigenvalue weighted by Gasteiger charge is -2.47. The van der Waals surface area contributed by atoms with Gasteiger partial charge in [-0.25, -0.2) is 0 Å². The van der Waals surface area contributed by atoms with Crippen molar-refractivity contribution in [3.05, 3.63) is 45.1 Å². The first kappa shape index (κ1) is 26.2. The van der Waals surface area contributed by atoms with Crippen molar-refractivity contribution in [2.45, 2.75) is 46.5 Å². The summed E-state index contributed by atoms with van der Waals surface area (Å²) in [5.74, 6) is 0.160. The van der Waals surface area contributed by atoms with E-state index in [9.17, 15) is 15.8 Å². The van der Waals surface area contributed by atoms with Crippen LogP contribution in [0.3, 0.4) is 0 Å². The van der Waals surface area contributed by atoms with Gasteiger partial charge in [0.1, 0.15) is 12.1 Å². The van der Waals surface area contributed by atoms with Crippen molar-refractivity contribution < 1.29 is 9.47 Å². The third kappa shape index (κ3) is 4.48. The average molecular weight is 534 g/mol. The number of nitriles is 4. The zero-order valence-electron chi connectivity index (χ0n) is 20.4. The summed E-state index contributed by atoms with van der Waals surface area (Å²) in [7, 11) is 0. The van der Waals surface area contributed by atoms with Crippen LogP contribution in [0.4, 0.5) is 0 Å². The van der Waals surface area contributed by atoms with E-state index in [0.29, 0.717) is 34.6 Å². The molecule has 2 aliphatic rings. The molecule has 0 saturated carbocycles. The first-order chi connectivity index (χ1) is 16.6. The van der Waals surface area contributed by atoms with E-state index in [-0.39, 0.29) is 35.1 Å². The summed E-state index contributed by atoms with van der Waals surface area (Å²) in [6, 6.07) is 12.0. The van der Waals surface area contributed by atoms with Gasteiger partial charge in [0, 0.05) is 10.4 Å². The Morgan fingerprint density at radius 2 is 1.77 bits per heavy atom. The fraction of sp³-hybridized carbons (Fsp3) is 0.481. The highest BCUT2D eigenvalue weighted by atomic mass is 79.9. The summed E-state index contributed by atoms with van der Waals surface area (Å²) in [6.07, 6.45) is 3.55. The molecule has 8 heteroatoms. The summed E-state index contributed by atoms with van der Waals surface area (Å²) >= 11 is 3.61. The lowest BCUT2D eigenvalue weighted by Crippen LogP contribution is -2.44. The maximum Gasteiger partial charge on any atom is 0.191 e. The Bertz CT molecular complexity index is 1230. The molecule has 3 rings (SSSR count). The van der Waals surface area contributed by atoms with E-state index in [0.717, 1.165) is 12.0 Å². The average Bonchev–Trinajstić information content (AvgIpc) is 2.83. The van der Waals surface area contributed by atoms with E-state index in [2.05, 4.69) is 61.0 Å². The number of hydrogen-bond acceptors (Lipinski definition) is 7. The van der Waals surface area contributed by atoms with Crippen molar-refractivity contribution >= 4 is 15.9 Å². The van der Waals surface area contributed by atoms with E-state index in [1.54, 1.807) is 12.1 Å². The Morgan fingerprint density at radius 1 is 1.11 bits per heavy atom. The molecule has 1 aromatic rings. The zero-order chi connectivity index (χ0) is 26.0. The summed E-state index contributed by atoms with van der Waals surface area (Å²) in [5.41, 5.74) is 6.40. The first-order valence-corrected chi connectivity index (χ1v) is 12.3. The minimum absolute atomic E-state index is 0.00323. The van der Waals surface area contributed by atoms with Crippen molar-refractivity contribution in [3.8, 4) is 35.8 Å². The molecule has 0 radical (unpaired) electrons. The molecule has 3 atom stereocenters. The predicted molar refractivity (Wildman–Crippen MR) is 133 cm³/mol. The van der Waals surface area contributed by atoms with Crippen molar-refractivity contribution in [3.63, 3.8) is 0 Å². The van der Waals surface area contributed by atoms with E-state index >= 15 is 0 Å². The molecule has 0 bridgehead atoms. The largest absolute Gasteiger partial charge is 0.490 e. The van der Waals surface area contributed by atoms with Crippen molar-refractivity contribution in [1.82, 2.24) is 0 Å². The molecule has 2 aliphatic carbocycles. The van der Waals surface area contributed by atoms with E-state index in [1.165, 1.54) is 0 Å². The van der Waals surface area contributed by atoms with Crippen LogP contribution in [0.2, 0.25) is 0 Å². The molecule has 0 saturated heterocycles. The number of fused-ring (bicyclic) bond motifs is 1. The first-order valence-electron chi connectivity index (χ1n) is 11.5. The molecule has 0 amide bonds. The number of rotatable bonds is 5. The van der Waals surface area contributed by atoms with Crippen LogP contribution in [-0.4, -0.2) is 13.2 Å². The molecule has 0 fully saturated rings. The second-order valence-electron chi connectivity index (χ2n) is 9.91. The van der Waals surface area contributed by atoms with Gasteiger partial charge in [-0.15, -0.1) is 0 Å². The summed E-state index contributed by atoms with van der Waals surface area (Å²) in [5, 5.41) is 39.7. The molecule has 7 nitrogen and oxygen atoms in total. The fourth-order valence-electron chi connectivity index (χ4n) is 5.22. The van der Waals surface area contributed by atoms with Gasteiger partial charge >= 0.3 is 0 Å². The van der Waals surface area contributed by atoms with Crippen LogP contribution >= 0.6 is 15.9 Å². The van der Waals surface area contributed by atoms with Crippen molar-refractivity contribution in [2.24, 2.45) is 28.4 Å². The highest BCUT2D eigenvalue weighted by molar-refractivity contribution is 9.10. The number of allylic oxidation sites excluding steroid dienone is 4. The van der Waals surface area contributed by atoms with Gasteiger partial charge in [0.15, 0.2) is 23.5 Å². The molecule has 0 aliphatic heterocycles. The number of hydrogen-bond donors (Lipinski definition) is 1. The lowest BCUT2D eigenvalue weighted by atomic mass is 9.54. The Hall–Kier alpha value is -3.46. The molecule has 2 N–H and O–H groups in total. The number of benzene rings is 1. The minimum atomic E-state index is -1.74. The minimum Gasteiger partial charge on any atom is -0.490 e. The molecule has 35 heavy (non-hydrogen) atoms. The maximum atomic E-state index is 10.4.